The zero-order chi connectivity index (χ0) is 13.8. The number of rotatable bonds is 3. The minimum atomic E-state index is 0.322. The number of thiocarbonyl (C=S) groups is 1. The maximum atomic E-state index is 5.65. The molecule has 0 spiro atoms. The van der Waals surface area contributed by atoms with Crippen molar-refractivity contribution in [1.82, 2.24) is 9.97 Å². The van der Waals surface area contributed by atoms with Gasteiger partial charge in [0.05, 0.1) is 0 Å². The molecule has 0 saturated heterocycles. The number of nitrogens with one attached hydrogen (secondary N) is 1. The Hall–Kier alpha value is -1.23. The zero-order valence-corrected chi connectivity index (χ0v) is 12.5. The van der Waals surface area contributed by atoms with E-state index >= 15 is 0 Å². The topological polar surface area (TPSA) is 63.8 Å². The molecule has 1 heterocycles. The molecule has 0 radical (unpaired) electrons. The minimum Gasteiger partial charge on any atom is -0.388 e. The third-order valence-corrected chi connectivity index (χ3v) is 3.99. The van der Waals surface area contributed by atoms with Gasteiger partial charge in [0.25, 0.3) is 0 Å². The number of nitrogens with zero attached hydrogens (tertiary/aromatic N) is 2. The summed E-state index contributed by atoms with van der Waals surface area (Å²) in [4.78, 5) is 9.16. The van der Waals surface area contributed by atoms with Gasteiger partial charge in [0.1, 0.15) is 10.7 Å². The van der Waals surface area contributed by atoms with Gasteiger partial charge in [-0.05, 0) is 31.7 Å². The van der Waals surface area contributed by atoms with Crippen molar-refractivity contribution >= 4 is 23.2 Å². The molecule has 2 atom stereocenters. The van der Waals surface area contributed by atoms with Gasteiger partial charge in [0.15, 0.2) is 0 Å². The van der Waals surface area contributed by atoms with Crippen LogP contribution >= 0.6 is 12.2 Å². The van der Waals surface area contributed by atoms with Crippen molar-refractivity contribution in [3.05, 3.63) is 17.5 Å². The molecular weight excluding hydrogens is 256 g/mol. The van der Waals surface area contributed by atoms with Gasteiger partial charge >= 0.3 is 0 Å². The van der Waals surface area contributed by atoms with Crippen molar-refractivity contribution in [2.45, 2.75) is 52.0 Å². The molecule has 0 bridgehead atoms. The molecule has 5 heteroatoms. The van der Waals surface area contributed by atoms with Gasteiger partial charge in [-0.15, -0.1) is 0 Å². The maximum absolute atomic E-state index is 5.65. The van der Waals surface area contributed by atoms with Gasteiger partial charge in [-0.1, -0.05) is 38.4 Å². The van der Waals surface area contributed by atoms with Crippen LogP contribution in [-0.2, 0) is 0 Å². The monoisotopic (exact) mass is 278 g/mol. The molecule has 3 N–H and O–H groups in total. The van der Waals surface area contributed by atoms with E-state index in [-0.39, 0.29) is 0 Å². The Morgan fingerprint density at radius 3 is 2.79 bits per heavy atom. The molecule has 1 saturated carbocycles. The molecule has 2 rings (SSSR count). The SMILES string of the molecule is Cc1cc(C(N)=S)nc(NC2CCCCCC2C)n1. The second-order valence-corrected chi connectivity index (χ2v) is 5.89. The van der Waals surface area contributed by atoms with Crippen LogP contribution in [0, 0.1) is 12.8 Å². The fourth-order valence-electron chi connectivity index (χ4n) is 2.63. The molecule has 104 valence electrons. The summed E-state index contributed by atoms with van der Waals surface area (Å²) >= 11 is 4.99. The fraction of sp³-hybridized carbons (Fsp3) is 0.643. The summed E-state index contributed by atoms with van der Waals surface area (Å²) in [7, 11) is 0. The molecular formula is C14H22N4S. The van der Waals surface area contributed by atoms with E-state index in [2.05, 4.69) is 22.2 Å². The largest absolute Gasteiger partial charge is 0.388 e. The second-order valence-electron chi connectivity index (χ2n) is 5.45. The summed E-state index contributed by atoms with van der Waals surface area (Å²) in [5.41, 5.74) is 7.19. The normalized spacial score (nSPS) is 23.7. The summed E-state index contributed by atoms with van der Waals surface area (Å²) in [6.07, 6.45) is 6.38. The van der Waals surface area contributed by atoms with E-state index in [1.807, 2.05) is 13.0 Å². The summed E-state index contributed by atoms with van der Waals surface area (Å²) in [5, 5.41) is 3.47. The summed E-state index contributed by atoms with van der Waals surface area (Å²) < 4.78 is 0. The van der Waals surface area contributed by atoms with E-state index in [9.17, 15) is 0 Å². The Labute approximate surface area is 120 Å². The van der Waals surface area contributed by atoms with Crippen LogP contribution in [-0.4, -0.2) is 21.0 Å². The first-order valence-electron chi connectivity index (χ1n) is 6.98. The average Bonchev–Trinajstić information content (AvgIpc) is 2.54. The van der Waals surface area contributed by atoms with Crippen LogP contribution in [0.5, 0.6) is 0 Å². The van der Waals surface area contributed by atoms with E-state index in [1.54, 1.807) is 0 Å². The zero-order valence-electron chi connectivity index (χ0n) is 11.6. The molecule has 1 aliphatic rings. The fourth-order valence-corrected chi connectivity index (χ4v) is 2.74. The number of nitrogens with two attached hydrogens (primary N) is 1. The summed E-state index contributed by atoms with van der Waals surface area (Å²) in [6.45, 7) is 4.23. The molecule has 0 amide bonds. The molecule has 19 heavy (non-hydrogen) atoms. The molecule has 2 unspecified atom stereocenters. The Kier molecular flexibility index (Phi) is 4.69. The summed E-state index contributed by atoms with van der Waals surface area (Å²) in [6, 6.07) is 2.27. The Morgan fingerprint density at radius 1 is 1.32 bits per heavy atom. The van der Waals surface area contributed by atoms with Gasteiger partial charge in [-0.2, -0.15) is 0 Å². The van der Waals surface area contributed by atoms with Gasteiger partial charge in [-0.25, -0.2) is 9.97 Å². The van der Waals surface area contributed by atoms with E-state index in [4.69, 9.17) is 18.0 Å². The number of hydrogen-bond acceptors (Lipinski definition) is 4. The smallest absolute Gasteiger partial charge is 0.223 e. The lowest BCUT2D eigenvalue weighted by Gasteiger charge is -2.23. The molecule has 0 aromatic carbocycles. The first-order chi connectivity index (χ1) is 9.06. The quantitative estimate of drug-likeness (QED) is 0.657. The molecule has 1 aliphatic carbocycles. The second kappa shape index (κ2) is 6.28. The van der Waals surface area contributed by atoms with Gasteiger partial charge in [0.2, 0.25) is 5.95 Å². The van der Waals surface area contributed by atoms with Gasteiger partial charge in [0, 0.05) is 11.7 Å². The Morgan fingerprint density at radius 2 is 2.05 bits per heavy atom. The third-order valence-electron chi connectivity index (χ3n) is 3.78. The predicted molar refractivity (Wildman–Crippen MR) is 82.3 cm³/mol. The lowest BCUT2D eigenvalue weighted by Crippen LogP contribution is -2.28. The molecule has 1 aromatic rings. The van der Waals surface area contributed by atoms with Gasteiger partial charge < -0.3 is 11.1 Å². The van der Waals surface area contributed by atoms with Crippen LogP contribution in [0.2, 0.25) is 0 Å². The van der Waals surface area contributed by atoms with Crippen molar-refractivity contribution in [3.63, 3.8) is 0 Å². The van der Waals surface area contributed by atoms with Crippen LogP contribution < -0.4 is 11.1 Å². The molecule has 1 fully saturated rings. The standard InChI is InChI=1S/C14H22N4S/c1-9-6-4-3-5-7-11(9)17-14-16-10(2)8-12(18-14)13(15)19/h8-9,11H,3-7H2,1-2H3,(H2,15,19)(H,16,17,18). The van der Waals surface area contributed by atoms with Crippen molar-refractivity contribution in [3.8, 4) is 0 Å². The lowest BCUT2D eigenvalue weighted by molar-refractivity contribution is 0.454. The van der Waals surface area contributed by atoms with E-state index < -0.39 is 0 Å². The minimum absolute atomic E-state index is 0.322. The van der Waals surface area contributed by atoms with Crippen LogP contribution in [0.25, 0.3) is 0 Å². The lowest BCUT2D eigenvalue weighted by atomic mass is 9.97. The highest BCUT2D eigenvalue weighted by molar-refractivity contribution is 7.80. The highest BCUT2D eigenvalue weighted by Gasteiger charge is 2.20. The number of anilines is 1. The molecule has 0 aliphatic heterocycles. The molecule has 1 aromatic heterocycles. The number of hydrogen-bond donors (Lipinski definition) is 2. The first kappa shape index (κ1) is 14.2. The molecule has 4 nitrogen and oxygen atoms in total. The van der Waals surface area contributed by atoms with Crippen molar-refractivity contribution in [2.75, 3.05) is 5.32 Å². The highest BCUT2D eigenvalue weighted by atomic mass is 32.1. The van der Waals surface area contributed by atoms with Crippen molar-refractivity contribution in [2.24, 2.45) is 11.7 Å². The summed E-state index contributed by atoms with van der Waals surface area (Å²) in [5.74, 6) is 1.31. The highest BCUT2D eigenvalue weighted by Crippen LogP contribution is 2.25. The third kappa shape index (κ3) is 3.86. The van der Waals surface area contributed by atoms with Crippen molar-refractivity contribution < 1.29 is 0 Å². The van der Waals surface area contributed by atoms with Crippen LogP contribution in [0.3, 0.4) is 0 Å². The maximum Gasteiger partial charge on any atom is 0.223 e. The average molecular weight is 278 g/mol. The van der Waals surface area contributed by atoms with Crippen LogP contribution in [0.15, 0.2) is 6.07 Å². The number of aromatic nitrogens is 2. The van der Waals surface area contributed by atoms with Gasteiger partial charge in [-0.3, -0.25) is 0 Å². The predicted octanol–water partition coefficient (Wildman–Crippen LogP) is 2.80. The van der Waals surface area contributed by atoms with E-state index in [0.717, 1.165) is 5.69 Å². The Balaban J connectivity index is 2.15. The van der Waals surface area contributed by atoms with Crippen LogP contribution in [0.1, 0.15) is 50.4 Å². The van der Waals surface area contributed by atoms with E-state index in [1.165, 1.54) is 32.1 Å². The first-order valence-corrected chi connectivity index (χ1v) is 7.39. The Bertz CT molecular complexity index is 461. The van der Waals surface area contributed by atoms with Crippen molar-refractivity contribution in [1.29, 1.82) is 0 Å². The van der Waals surface area contributed by atoms with E-state index in [0.29, 0.717) is 28.6 Å². The number of aryl methyl sites for hydroxylation is 1. The van der Waals surface area contributed by atoms with Crippen LogP contribution in [0.4, 0.5) is 5.95 Å².